The second kappa shape index (κ2) is 7.71. The number of likely N-dealkylation sites (tertiary alicyclic amines) is 1. The molecule has 0 aromatic heterocycles. The first-order valence-electron chi connectivity index (χ1n) is 7.52. The number of rotatable bonds is 6. The zero-order chi connectivity index (χ0) is 16.0. The molecule has 0 unspecified atom stereocenters. The van der Waals surface area contributed by atoms with E-state index in [0.717, 1.165) is 25.9 Å². The molecule has 2 N–H and O–H groups in total. The molecule has 0 saturated carbocycles. The third-order valence-corrected chi connectivity index (χ3v) is 5.42. The van der Waals surface area contributed by atoms with Gasteiger partial charge in [-0.05, 0) is 32.0 Å². The number of nitrogens with one attached hydrogen (secondary N) is 2. The quantitative estimate of drug-likeness (QED) is 0.801. The molecule has 2 rings (SSSR count). The maximum atomic E-state index is 12.1. The maximum absolute atomic E-state index is 12.1. The molecule has 1 amide bonds. The second-order valence-corrected chi connectivity index (χ2v) is 7.17. The third kappa shape index (κ3) is 4.53. The van der Waals surface area contributed by atoms with Crippen LogP contribution in [0.1, 0.15) is 19.3 Å². The number of carbonyl (C=O) groups is 1. The molecule has 0 bridgehead atoms. The van der Waals surface area contributed by atoms with Gasteiger partial charge in [-0.25, -0.2) is 13.1 Å². The van der Waals surface area contributed by atoms with Crippen LogP contribution in [0.15, 0.2) is 35.2 Å². The van der Waals surface area contributed by atoms with E-state index in [1.165, 1.54) is 12.1 Å². The van der Waals surface area contributed by atoms with Crippen LogP contribution in [0.4, 0.5) is 0 Å². The van der Waals surface area contributed by atoms with Crippen LogP contribution < -0.4 is 10.0 Å². The highest BCUT2D eigenvalue weighted by Gasteiger charge is 2.22. The van der Waals surface area contributed by atoms with Gasteiger partial charge in [-0.2, -0.15) is 0 Å². The van der Waals surface area contributed by atoms with Crippen molar-refractivity contribution < 1.29 is 13.2 Å². The Labute approximate surface area is 131 Å². The van der Waals surface area contributed by atoms with Crippen molar-refractivity contribution in [3.63, 3.8) is 0 Å². The smallest absolute Gasteiger partial charge is 0.240 e. The summed E-state index contributed by atoms with van der Waals surface area (Å²) in [4.78, 5) is 14.1. The average molecular weight is 325 g/mol. The molecule has 1 heterocycles. The number of sulfonamides is 1. The SMILES string of the molecule is CNC1CCN(C(=O)CCNS(=O)(=O)c2ccccc2)CC1. The Balaban J connectivity index is 1.78. The van der Waals surface area contributed by atoms with Crippen molar-refractivity contribution in [2.75, 3.05) is 26.7 Å². The summed E-state index contributed by atoms with van der Waals surface area (Å²) >= 11 is 0. The van der Waals surface area contributed by atoms with Crippen LogP contribution >= 0.6 is 0 Å². The number of piperidine rings is 1. The van der Waals surface area contributed by atoms with Gasteiger partial charge in [-0.1, -0.05) is 18.2 Å². The first kappa shape index (κ1) is 16.9. The Hall–Kier alpha value is -1.44. The lowest BCUT2D eigenvalue weighted by atomic mass is 10.1. The second-order valence-electron chi connectivity index (χ2n) is 5.40. The molecular formula is C15H23N3O3S. The fourth-order valence-electron chi connectivity index (χ4n) is 2.55. The molecule has 22 heavy (non-hydrogen) atoms. The lowest BCUT2D eigenvalue weighted by Gasteiger charge is -2.31. The molecule has 1 aromatic carbocycles. The Morgan fingerprint density at radius 1 is 1.23 bits per heavy atom. The van der Waals surface area contributed by atoms with Crippen molar-refractivity contribution in [2.45, 2.75) is 30.2 Å². The van der Waals surface area contributed by atoms with E-state index >= 15 is 0 Å². The summed E-state index contributed by atoms with van der Waals surface area (Å²) in [6, 6.07) is 8.65. The van der Waals surface area contributed by atoms with Crippen LogP contribution in [0.25, 0.3) is 0 Å². The van der Waals surface area contributed by atoms with Crippen molar-refractivity contribution in [3.8, 4) is 0 Å². The van der Waals surface area contributed by atoms with Gasteiger partial charge in [0.1, 0.15) is 0 Å². The summed E-state index contributed by atoms with van der Waals surface area (Å²) in [5.74, 6) is 0.00492. The summed E-state index contributed by atoms with van der Waals surface area (Å²) in [6.07, 6.45) is 2.08. The van der Waals surface area contributed by atoms with Crippen LogP contribution in [-0.4, -0.2) is 51.9 Å². The molecule has 1 fully saturated rings. The van der Waals surface area contributed by atoms with Crippen LogP contribution in [0.2, 0.25) is 0 Å². The first-order valence-corrected chi connectivity index (χ1v) is 9.01. The van der Waals surface area contributed by atoms with Gasteiger partial charge in [0.2, 0.25) is 15.9 Å². The summed E-state index contributed by atoms with van der Waals surface area (Å²) < 4.78 is 26.5. The topological polar surface area (TPSA) is 78.5 Å². The molecule has 1 aliphatic heterocycles. The highest BCUT2D eigenvalue weighted by Crippen LogP contribution is 2.11. The zero-order valence-corrected chi connectivity index (χ0v) is 13.6. The van der Waals surface area contributed by atoms with E-state index in [4.69, 9.17) is 0 Å². The molecule has 0 aliphatic carbocycles. The highest BCUT2D eigenvalue weighted by molar-refractivity contribution is 7.89. The summed E-state index contributed by atoms with van der Waals surface area (Å²) in [7, 11) is -1.60. The summed E-state index contributed by atoms with van der Waals surface area (Å²) in [6.45, 7) is 1.59. The lowest BCUT2D eigenvalue weighted by molar-refractivity contribution is -0.132. The average Bonchev–Trinajstić information content (AvgIpc) is 2.55. The summed E-state index contributed by atoms with van der Waals surface area (Å²) in [5.41, 5.74) is 0. The highest BCUT2D eigenvalue weighted by atomic mass is 32.2. The minimum atomic E-state index is -3.53. The Kier molecular flexibility index (Phi) is 5.93. The lowest BCUT2D eigenvalue weighted by Crippen LogP contribution is -2.44. The summed E-state index contributed by atoms with van der Waals surface area (Å²) in [5, 5.41) is 3.21. The van der Waals surface area contributed by atoms with Gasteiger partial charge in [0, 0.05) is 32.1 Å². The minimum absolute atomic E-state index is 0.00492. The van der Waals surface area contributed by atoms with E-state index < -0.39 is 10.0 Å². The van der Waals surface area contributed by atoms with Crippen molar-refractivity contribution in [2.24, 2.45) is 0 Å². The number of hydrogen-bond donors (Lipinski definition) is 2. The number of hydrogen-bond acceptors (Lipinski definition) is 4. The number of carbonyl (C=O) groups excluding carboxylic acids is 1. The molecule has 0 radical (unpaired) electrons. The van der Waals surface area contributed by atoms with Gasteiger partial charge < -0.3 is 10.2 Å². The normalized spacial score (nSPS) is 16.7. The number of nitrogens with zero attached hydrogens (tertiary/aromatic N) is 1. The fourth-order valence-corrected chi connectivity index (χ4v) is 3.60. The van der Waals surface area contributed by atoms with E-state index in [1.807, 2.05) is 11.9 Å². The third-order valence-electron chi connectivity index (χ3n) is 3.94. The van der Waals surface area contributed by atoms with Crippen LogP contribution in [0, 0.1) is 0 Å². The zero-order valence-electron chi connectivity index (χ0n) is 12.8. The molecule has 1 aromatic rings. The van der Waals surface area contributed by atoms with Crippen molar-refractivity contribution >= 4 is 15.9 Å². The standard InChI is InChI=1S/C15H23N3O3S/c1-16-13-8-11-18(12-9-13)15(19)7-10-17-22(20,21)14-5-3-2-4-6-14/h2-6,13,16-17H,7-12H2,1H3. The van der Waals surface area contributed by atoms with E-state index in [0.29, 0.717) is 6.04 Å². The van der Waals surface area contributed by atoms with Crippen molar-refractivity contribution in [3.05, 3.63) is 30.3 Å². The van der Waals surface area contributed by atoms with Gasteiger partial charge in [0.05, 0.1) is 4.90 Å². The molecule has 1 saturated heterocycles. The molecule has 0 atom stereocenters. The number of amides is 1. The van der Waals surface area contributed by atoms with Crippen LogP contribution in [0.3, 0.4) is 0 Å². The Morgan fingerprint density at radius 3 is 2.45 bits per heavy atom. The number of benzene rings is 1. The first-order chi connectivity index (χ1) is 10.5. The van der Waals surface area contributed by atoms with Gasteiger partial charge in [0.25, 0.3) is 0 Å². The van der Waals surface area contributed by atoms with Gasteiger partial charge in [-0.3, -0.25) is 4.79 Å². The maximum Gasteiger partial charge on any atom is 0.240 e. The van der Waals surface area contributed by atoms with Crippen LogP contribution in [-0.2, 0) is 14.8 Å². The predicted molar refractivity (Wildman–Crippen MR) is 84.9 cm³/mol. The Bertz CT molecular complexity index is 581. The monoisotopic (exact) mass is 325 g/mol. The Morgan fingerprint density at radius 2 is 1.86 bits per heavy atom. The molecule has 0 spiro atoms. The van der Waals surface area contributed by atoms with Crippen LogP contribution in [0.5, 0.6) is 0 Å². The van der Waals surface area contributed by atoms with E-state index in [2.05, 4.69) is 10.0 Å². The van der Waals surface area contributed by atoms with E-state index in [9.17, 15) is 13.2 Å². The van der Waals surface area contributed by atoms with Crippen molar-refractivity contribution in [1.29, 1.82) is 0 Å². The molecular weight excluding hydrogens is 302 g/mol. The molecule has 122 valence electrons. The van der Waals surface area contributed by atoms with Gasteiger partial charge in [0.15, 0.2) is 0 Å². The molecule has 7 heteroatoms. The predicted octanol–water partition coefficient (Wildman–Crippen LogP) is 0.565. The van der Waals surface area contributed by atoms with Crippen molar-refractivity contribution in [1.82, 2.24) is 14.9 Å². The largest absolute Gasteiger partial charge is 0.343 e. The fraction of sp³-hybridized carbons (Fsp3) is 0.533. The van der Waals surface area contributed by atoms with Gasteiger partial charge >= 0.3 is 0 Å². The van der Waals surface area contributed by atoms with Gasteiger partial charge in [-0.15, -0.1) is 0 Å². The molecule has 6 nitrogen and oxygen atoms in total. The van der Waals surface area contributed by atoms with E-state index in [-0.39, 0.29) is 23.8 Å². The van der Waals surface area contributed by atoms with E-state index in [1.54, 1.807) is 18.2 Å². The molecule has 1 aliphatic rings. The minimum Gasteiger partial charge on any atom is -0.343 e.